The summed E-state index contributed by atoms with van der Waals surface area (Å²) >= 11 is 0. The Morgan fingerprint density at radius 3 is 2.44 bits per heavy atom. The molecule has 134 valence electrons. The Labute approximate surface area is 147 Å². The van der Waals surface area contributed by atoms with Crippen molar-refractivity contribution in [2.24, 2.45) is 0 Å². The van der Waals surface area contributed by atoms with Crippen molar-refractivity contribution in [2.75, 3.05) is 18.4 Å². The Bertz CT molecular complexity index is 849. The van der Waals surface area contributed by atoms with Gasteiger partial charge in [0.25, 0.3) is 0 Å². The maximum Gasteiger partial charge on any atom is 0.239 e. The first-order valence-electron chi connectivity index (χ1n) is 7.96. The zero-order valence-electron chi connectivity index (χ0n) is 14.2. The molecule has 2 N–H and O–H groups in total. The SMILES string of the molecule is CCCNC(=O)CNc1ccc(C)cc1S(=O)(=O)c1ccc(F)cc1. The molecule has 2 rings (SSSR count). The Morgan fingerprint density at radius 1 is 1.12 bits per heavy atom. The molecule has 0 aliphatic carbocycles. The van der Waals surface area contributed by atoms with Gasteiger partial charge >= 0.3 is 0 Å². The van der Waals surface area contributed by atoms with Crippen LogP contribution < -0.4 is 10.6 Å². The summed E-state index contributed by atoms with van der Waals surface area (Å²) in [6, 6.07) is 9.58. The maximum absolute atomic E-state index is 13.1. The van der Waals surface area contributed by atoms with Crippen LogP contribution in [0.1, 0.15) is 18.9 Å². The Hall–Kier alpha value is -2.41. The van der Waals surface area contributed by atoms with Crippen molar-refractivity contribution >= 4 is 21.4 Å². The van der Waals surface area contributed by atoms with E-state index in [4.69, 9.17) is 0 Å². The molecule has 0 saturated carbocycles. The van der Waals surface area contributed by atoms with Crippen LogP contribution in [0, 0.1) is 12.7 Å². The first-order chi connectivity index (χ1) is 11.8. The lowest BCUT2D eigenvalue weighted by atomic mass is 10.2. The van der Waals surface area contributed by atoms with Crippen LogP contribution in [0.3, 0.4) is 0 Å². The van der Waals surface area contributed by atoms with Gasteiger partial charge in [-0.3, -0.25) is 4.79 Å². The number of amides is 1. The van der Waals surface area contributed by atoms with E-state index in [1.54, 1.807) is 19.1 Å². The minimum atomic E-state index is -3.83. The van der Waals surface area contributed by atoms with Gasteiger partial charge in [-0.25, -0.2) is 12.8 Å². The van der Waals surface area contributed by atoms with Gasteiger partial charge in [0.15, 0.2) is 0 Å². The Morgan fingerprint density at radius 2 is 1.80 bits per heavy atom. The fourth-order valence-electron chi connectivity index (χ4n) is 2.24. The van der Waals surface area contributed by atoms with Crippen molar-refractivity contribution in [3.63, 3.8) is 0 Å². The van der Waals surface area contributed by atoms with E-state index in [1.165, 1.54) is 18.2 Å². The molecule has 5 nitrogen and oxygen atoms in total. The summed E-state index contributed by atoms with van der Waals surface area (Å²) in [6.07, 6.45) is 0.820. The van der Waals surface area contributed by atoms with E-state index >= 15 is 0 Å². The first kappa shape index (κ1) is 18.9. The molecular formula is C18H21FN2O3S. The molecular weight excluding hydrogens is 343 g/mol. The number of aryl methyl sites for hydroxylation is 1. The second-order valence-electron chi connectivity index (χ2n) is 5.66. The maximum atomic E-state index is 13.1. The van der Waals surface area contributed by atoms with Crippen LogP contribution in [0.15, 0.2) is 52.3 Å². The van der Waals surface area contributed by atoms with Gasteiger partial charge in [-0.1, -0.05) is 13.0 Å². The second kappa shape index (κ2) is 8.11. The van der Waals surface area contributed by atoms with Gasteiger partial charge in [0.05, 0.1) is 22.0 Å². The van der Waals surface area contributed by atoms with Crippen molar-refractivity contribution in [1.29, 1.82) is 0 Å². The van der Waals surface area contributed by atoms with Gasteiger partial charge in [0, 0.05) is 6.54 Å². The smallest absolute Gasteiger partial charge is 0.239 e. The van der Waals surface area contributed by atoms with Crippen LogP contribution in [-0.2, 0) is 14.6 Å². The number of carbonyl (C=O) groups is 1. The zero-order valence-corrected chi connectivity index (χ0v) is 15.0. The molecule has 1 amide bonds. The Balaban J connectivity index is 2.32. The molecule has 0 aliphatic heterocycles. The molecule has 0 saturated heterocycles. The van der Waals surface area contributed by atoms with Gasteiger partial charge in [0.2, 0.25) is 15.7 Å². The van der Waals surface area contributed by atoms with E-state index in [2.05, 4.69) is 10.6 Å². The van der Waals surface area contributed by atoms with Crippen molar-refractivity contribution < 1.29 is 17.6 Å². The van der Waals surface area contributed by atoms with Crippen LogP contribution in [-0.4, -0.2) is 27.4 Å². The first-order valence-corrected chi connectivity index (χ1v) is 9.45. The highest BCUT2D eigenvalue weighted by atomic mass is 32.2. The van der Waals surface area contributed by atoms with E-state index in [0.29, 0.717) is 12.2 Å². The molecule has 25 heavy (non-hydrogen) atoms. The van der Waals surface area contributed by atoms with Gasteiger partial charge in [0.1, 0.15) is 5.82 Å². The van der Waals surface area contributed by atoms with Crippen molar-refractivity contribution in [1.82, 2.24) is 5.32 Å². The molecule has 0 heterocycles. The normalized spacial score (nSPS) is 11.2. The summed E-state index contributed by atoms with van der Waals surface area (Å²) in [7, 11) is -3.83. The third-order valence-corrected chi connectivity index (χ3v) is 5.37. The number of carbonyl (C=O) groups excluding carboxylic acids is 1. The fraction of sp³-hybridized carbons (Fsp3) is 0.278. The van der Waals surface area contributed by atoms with E-state index in [-0.39, 0.29) is 22.2 Å². The van der Waals surface area contributed by atoms with Gasteiger partial charge < -0.3 is 10.6 Å². The minimum Gasteiger partial charge on any atom is -0.375 e. The third kappa shape index (κ3) is 4.79. The van der Waals surface area contributed by atoms with Crippen molar-refractivity contribution in [2.45, 2.75) is 30.1 Å². The summed E-state index contributed by atoms with van der Waals surface area (Å²) < 4.78 is 38.8. The Kier molecular flexibility index (Phi) is 6.14. The molecule has 2 aromatic rings. The topological polar surface area (TPSA) is 75.3 Å². The number of rotatable bonds is 7. The van der Waals surface area contributed by atoms with Crippen LogP contribution in [0.2, 0.25) is 0 Å². The van der Waals surface area contributed by atoms with E-state index in [0.717, 1.165) is 24.1 Å². The number of hydrogen-bond acceptors (Lipinski definition) is 4. The van der Waals surface area contributed by atoms with Gasteiger partial charge in [-0.05, 0) is 55.3 Å². The number of halogens is 1. The van der Waals surface area contributed by atoms with Crippen molar-refractivity contribution in [3.8, 4) is 0 Å². The summed E-state index contributed by atoms with van der Waals surface area (Å²) in [5, 5.41) is 5.59. The highest BCUT2D eigenvalue weighted by Crippen LogP contribution is 2.28. The van der Waals surface area contributed by atoms with Gasteiger partial charge in [-0.2, -0.15) is 0 Å². The molecule has 0 fully saturated rings. The van der Waals surface area contributed by atoms with E-state index in [9.17, 15) is 17.6 Å². The highest BCUT2D eigenvalue weighted by Gasteiger charge is 2.22. The largest absolute Gasteiger partial charge is 0.375 e. The second-order valence-corrected chi connectivity index (χ2v) is 7.58. The molecule has 2 aromatic carbocycles. The van der Waals surface area contributed by atoms with Crippen molar-refractivity contribution in [3.05, 3.63) is 53.8 Å². The lowest BCUT2D eigenvalue weighted by Crippen LogP contribution is -2.30. The summed E-state index contributed by atoms with van der Waals surface area (Å²) in [4.78, 5) is 11.8. The van der Waals surface area contributed by atoms with Gasteiger partial charge in [-0.15, -0.1) is 0 Å². The molecule has 0 aliphatic rings. The summed E-state index contributed by atoms with van der Waals surface area (Å²) in [5.74, 6) is -0.721. The molecule has 0 atom stereocenters. The van der Waals surface area contributed by atoms with E-state index in [1.807, 2.05) is 6.92 Å². The molecule has 0 spiro atoms. The molecule has 0 unspecified atom stereocenters. The number of anilines is 1. The molecule has 0 radical (unpaired) electrons. The van der Waals surface area contributed by atoms with Crippen LogP contribution in [0.25, 0.3) is 0 Å². The molecule has 0 bridgehead atoms. The van der Waals surface area contributed by atoms with Crippen LogP contribution in [0.5, 0.6) is 0 Å². The zero-order chi connectivity index (χ0) is 18.4. The fourth-order valence-corrected chi connectivity index (χ4v) is 3.76. The standard InChI is InChI=1S/C18H21FN2O3S/c1-3-10-20-18(22)12-21-16-9-4-13(2)11-17(16)25(23,24)15-7-5-14(19)6-8-15/h4-9,11,21H,3,10,12H2,1-2H3,(H,20,22). The average Bonchev–Trinajstić information content (AvgIpc) is 2.59. The number of hydrogen-bond donors (Lipinski definition) is 2. The average molecular weight is 364 g/mol. The minimum absolute atomic E-state index is 0.00187. The summed E-state index contributed by atoms with van der Waals surface area (Å²) in [5.41, 5.74) is 1.10. The molecule has 7 heteroatoms. The number of sulfone groups is 1. The quantitative estimate of drug-likeness (QED) is 0.741. The predicted molar refractivity (Wildman–Crippen MR) is 94.8 cm³/mol. The lowest BCUT2D eigenvalue weighted by Gasteiger charge is -2.14. The predicted octanol–water partition coefficient (Wildman–Crippen LogP) is 2.91. The van der Waals surface area contributed by atoms with Crippen LogP contribution >= 0.6 is 0 Å². The number of nitrogens with one attached hydrogen (secondary N) is 2. The monoisotopic (exact) mass is 364 g/mol. The van der Waals surface area contributed by atoms with Crippen LogP contribution in [0.4, 0.5) is 10.1 Å². The highest BCUT2D eigenvalue weighted by molar-refractivity contribution is 7.91. The summed E-state index contributed by atoms with van der Waals surface area (Å²) in [6.45, 7) is 4.26. The number of benzene rings is 2. The molecule has 0 aromatic heterocycles. The third-order valence-electron chi connectivity index (χ3n) is 3.56. The lowest BCUT2D eigenvalue weighted by molar-refractivity contribution is -0.119. The van der Waals surface area contributed by atoms with E-state index < -0.39 is 15.7 Å².